The number of carbonyl (C=O) groups is 2. The average molecular weight is 247 g/mol. The lowest BCUT2D eigenvalue weighted by atomic mass is 10.1. The van der Waals surface area contributed by atoms with Crippen molar-refractivity contribution < 1.29 is 19.4 Å². The molecule has 0 aromatic heterocycles. The van der Waals surface area contributed by atoms with E-state index in [2.05, 4.69) is 0 Å². The highest BCUT2D eigenvalue weighted by atomic mass is 16.6. The van der Waals surface area contributed by atoms with Gasteiger partial charge in [0.25, 0.3) is 0 Å². The van der Waals surface area contributed by atoms with E-state index in [1.807, 2.05) is 34.6 Å². The van der Waals surface area contributed by atoms with Crippen LogP contribution in [0.5, 0.6) is 0 Å². The largest absolute Gasteiger partial charge is 0.480 e. The first-order valence-electron chi connectivity index (χ1n) is 5.63. The quantitative estimate of drug-likeness (QED) is 0.742. The van der Waals surface area contributed by atoms with Gasteiger partial charge in [-0.15, -0.1) is 0 Å². The van der Waals surface area contributed by atoms with Crippen molar-refractivity contribution in [2.75, 3.05) is 0 Å². The molecular formula is C12H25NO4. The zero-order valence-corrected chi connectivity index (χ0v) is 11.6. The van der Waals surface area contributed by atoms with Crippen LogP contribution >= 0.6 is 0 Å². The van der Waals surface area contributed by atoms with Crippen LogP contribution in [-0.2, 0) is 14.3 Å². The number of carbonyl (C=O) groups excluding carboxylic acids is 1. The van der Waals surface area contributed by atoms with Gasteiger partial charge in [-0.05, 0) is 33.1 Å². The summed E-state index contributed by atoms with van der Waals surface area (Å²) in [4.78, 5) is 20.3. The molecule has 0 bridgehead atoms. The van der Waals surface area contributed by atoms with Crippen LogP contribution in [0.15, 0.2) is 0 Å². The molecule has 1 atom stereocenters. The van der Waals surface area contributed by atoms with Crippen LogP contribution in [0.2, 0.25) is 0 Å². The van der Waals surface area contributed by atoms with Gasteiger partial charge in [0.1, 0.15) is 11.6 Å². The maximum atomic E-state index is 10.2. The molecule has 0 spiro atoms. The molecule has 0 unspecified atom stereocenters. The minimum Gasteiger partial charge on any atom is -0.480 e. The molecule has 0 amide bonds. The Morgan fingerprint density at radius 3 is 1.76 bits per heavy atom. The zero-order valence-electron chi connectivity index (χ0n) is 11.6. The van der Waals surface area contributed by atoms with E-state index in [-0.39, 0.29) is 11.6 Å². The molecule has 17 heavy (non-hydrogen) atoms. The predicted octanol–water partition coefficient (Wildman–Crippen LogP) is 1.79. The van der Waals surface area contributed by atoms with E-state index in [9.17, 15) is 9.59 Å². The lowest BCUT2D eigenvalue weighted by Crippen LogP contribution is -2.31. The SMILES string of the molecule is CC(=O)OC(C)(C)C.CC(C)C[C@H](N)C(=O)O. The van der Waals surface area contributed by atoms with Gasteiger partial charge in [-0.1, -0.05) is 13.8 Å². The fourth-order valence-corrected chi connectivity index (χ4v) is 1.04. The summed E-state index contributed by atoms with van der Waals surface area (Å²) >= 11 is 0. The monoisotopic (exact) mass is 247 g/mol. The van der Waals surface area contributed by atoms with E-state index in [0.29, 0.717) is 12.3 Å². The highest BCUT2D eigenvalue weighted by Gasteiger charge is 2.12. The number of hydrogen-bond acceptors (Lipinski definition) is 4. The number of rotatable bonds is 3. The van der Waals surface area contributed by atoms with Crippen LogP contribution in [0.1, 0.15) is 48.0 Å². The second kappa shape index (κ2) is 8.06. The summed E-state index contributed by atoms with van der Waals surface area (Å²) in [7, 11) is 0. The molecule has 0 fully saturated rings. The maximum Gasteiger partial charge on any atom is 0.320 e. The van der Waals surface area contributed by atoms with Crippen LogP contribution in [0.3, 0.4) is 0 Å². The van der Waals surface area contributed by atoms with E-state index in [0.717, 1.165) is 0 Å². The highest BCUT2D eigenvalue weighted by Crippen LogP contribution is 2.05. The van der Waals surface area contributed by atoms with Crippen molar-refractivity contribution in [1.29, 1.82) is 0 Å². The summed E-state index contributed by atoms with van der Waals surface area (Å²) in [5.41, 5.74) is 4.89. The number of carboxylic acids is 1. The van der Waals surface area contributed by atoms with Gasteiger partial charge < -0.3 is 15.6 Å². The van der Waals surface area contributed by atoms with Crippen molar-refractivity contribution in [3.63, 3.8) is 0 Å². The molecule has 3 N–H and O–H groups in total. The summed E-state index contributed by atoms with van der Waals surface area (Å²) in [6, 6.07) is -0.690. The molecular weight excluding hydrogens is 222 g/mol. The molecule has 102 valence electrons. The van der Waals surface area contributed by atoms with Crippen LogP contribution in [0.4, 0.5) is 0 Å². The third-order valence-corrected chi connectivity index (χ3v) is 1.49. The predicted molar refractivity (Wildman–Crippen MR) is 66.6 cm³/mol. The Kier molecular flexibility index (Phi) is 8.66. The fourth-order valence-electron chi connectivity index (χ4n) is 1.04. The number of nitrogens with two attached hydrogens (primary N) is 1. The molecule has 0 aromatic carbocycles. The minimum absolute atomic E-state index is 0.225. The highest BCUT2D eigenvalue weighted by molar-refractivity contribution is 5.72. The first kappa shape index (κ1) is 18.3. The molecule has 0 saturated carbocycles. The second-order valence-corrected chi connectivity index (χ2v) is 5.28. The van der Waals surface area contributed by atoms with E-state index in [1.54, 1.807) is 0 Å². The topological polar surface area (TPSA) is 89.6 Å². The lowest BCUT2D eigenvalue weighted by Gasteiger charge is -2.17. The van der Waals surface area contributed by atoms with Crippen molar-refractivity contribution in [3.8, 4) is 0 Å². The molecule has 0 aromatic rings. The first-order chi connectivity index (χ1) is 7.45. The Balaban J connectivity index is 0. The zero-order chi connectivity index (χ0) is 14.2. The van der Waals surface area contributed by atoms with Crippen molar-refractivity contribution in [3.05, 3.63) is 0 Å². The second-order valence-electron chi connectivity index (χ2n) is 5.28. The molecule has 0 aliphatic heterocycles. The van der Waals surface area contributed by atoms with Gasteiger partial charge >= 0.3 is 11.9 Å². The third-order valence-electron chi connectivity index (χ3n) is 1.49. The average Bonchev–Trinajstić information content (AvgIpc) is 1.98. The number of esters is 1. The van der Waals surface area contributed by atoms with Crippen molar-refractivity contribution in [1.82, 2.24) is 0 Å². The van der Waals surface area contributed by atoms with Gasteiger partial charge in [-0.2, -0.15) is 0 Å². The van der Waals surface area contributed by atoms with Crippen molar-refractivity contribution >= 4 is 11.9 Å². The van der Waals surface area contributed by atoms with Crippen LogP contribution in [-0.4, -0.2) is 28.7 Å². The minimum atomic E-state index is -0.913. The Labute approximate surface area is 103 Å². The summed E-state index contributed by atoms with van der Waals surface area (Å²) in [5, 5.41) is 8.31. The Morgan fingerprint density at radius 2 is 1.71 bits per heavy atom. The van der Waals surface area contributed by atoms with Crippen LogP contribution < -0.4 is 5.73 Å². The Hall–Kier alpha value is -1.10. The van der Waals surface area contributed by atoms with Gasteiger partial charge in [0.2, 0.25) is 0 Å². The van der Waals surface area contributed by atoms with Gasteiger partial charge in [-0.3, -0.25) is 9.59 Å². The number of ether oxygens (including phenoxy) is 1. The third kappa shape index (κ3) is 17.5. The maximum absolute atomic E-state index is 10.2. The number of hydrogen-bond donors (Lipinski definition) is 2. The van der Waals surface area contributed by atoms with Gasteiger partial charge in [0.05, 0.1) is 0 Å². The van der Waals surface area contributed by atoms with Crippen LogP contribution in [0, 0.1) is 5.92 Å². The summed E-state index contributed by atoms with van der Waals surface area (Å²) < 4.78 is 4.80. The van der Waals surface area contributed by atoms with Crippen molar-refractivity contribution in [2.24, 2.45) is 11.7 Å². The van der Waals surface area contributed by atoms with Crippen molar-refractivity contribution in [2.45, 2.75) is 59.6 Å². The molecule has 0 saturated heterocycles. The van der Waals surface area contributed by atoms with E-state index < -0.39 is 12.0 Å². The molecule has 0 aliphatic carbocycles. The number of aliphatic carboxylic acids is 1. The van der Waals surface area contributed by atoms with Crippen LogP contribution in [0.25, 0.3) is 0 Å². The molecule has 0 radical (unpaired) electrons. The number of carboxylic acid groups (broad SMARTS) is 1. The molecule has 0 rings (SSSR count). The Morgan fingerprint density at radius 1 is 1.29 bits per heavy atom. The normalized spacial score (nSPS) is 12.5. The van der Waals surface area contributed by atoms with Gasteiger partial charge in [-0.25, -0.2) is 0 Å². The van der Waals surface area contributed by atoms with Gasteiger partial charge in [0.15, 0.2) is 0 Å². The van der Waals surface area contributed by atoms with E-state index in [4.69, 9.17) is 15.6 Å². The van der Waals surface area contributed by atoms with Gasteiger partial charge in [0, 0.05) is 6.92 Å². The molecule has 0 aliphatic rings. The fraction of sp³-hybridized carbons (Fsp3) is 0.833. The molecule has 5 heteroatoms. The standard InChI is InChI=1S/C6H13NO2.C6H12O2/c1-4(2)3-5(7)6(8)9;1-5(7)8-6(2,3)4/h4-5H,3,7H2,1-2H3,(H,8,9);1-4H3/t5-;/m0./s1. The summed E-state index contributed by atoms with van der Waals surface area (Å²) in [5.74, 6) is -0.780. The van der Waals surface area contributed by atoms with E-state index >= 15 is 0 Å². The lowest BCUT2D eigenvalue weighted by molar-refractivity contribution is -0.151. The summed E-state index contributed by atoms with van der Waals surface area (Å²) in [6.45, 7) is 10.8. The first-order valence-corrected chi connectivity index (χ1v) is 5.63. The smallest absolute Gasteiger partial charge is 0.320 e. The summed E-state index contributed by atoms with van der Waals surface area (Å²) in [6.07, 6.45) is 0.551. The van der Waals surface area contributed by atoms with E-state index in [1.165, 1.54) is 6.92 Å². The molecule has 0 heterocycles. The molecule has 5 nitrogen and oxygen atoms in total. The Bertz CT molecular complexity index is 243.